The fourth-order valence-corrected chi connectivity index (χ4v) is 2.60. The van der Waals surface area contributed by atoms with E-state index < -0.39 is 0 Å². The summed E-state index contributed by atoms with van der Waals surface area (Å²) in [4.78, 5) is 4.55. The van der Waals surface area contributed by atoms with Crippen molar-refractivity contribution in [1.82, 2.24) is 9.38 Å². The van der Waals surface area contributed by atoms with E-state index >= 15 is 0 Å². The third-order valence-electron chi connectivity index (χ3n) is 2.78. The maximum atomic E-state index is 12.9. The minimum Gasteiger partial charge on any atom is -0.305 e. The number of halogens is 2. The highest BCUT2D eigenvalue weighted by Crippen LogP contribution is 2.24. The van der Waals surface area contributed by atoms with E-state index in [0.29, 0.717) is 0 Å². The molecule has 0 bridgehead atoms. The third kappa shape index (κ3) is 1.93. The zero-order valence-corrected chi connectivity index (χ0v) is 11.3. The lowest BCUT2D eigenvalue weighted by atomic mass is 10.2. The van der Waals surface area contributed by atoms with Crippen LogP contribution in [-0.4, -0.2) is 9.38 Å². The van der Waals surface area contributed by atoms with Crippen molar-refractivity contribution in [2.24, 2.45) is 0 Å². The second kappa shape index (κ2) is 4.21. The number of imidazole rings is 1. The van der Waals surface area contributed by atoms with Gasteiger partial charge in [-0.3, -0.25) is 0 Å². The molecule has 3 aromatic rings. The van der Waals surface area contributed by atoms with E-state index in [1.165, 1.54) is 12.1 Å². The van der Waals surface area contributed by atoms with Crippen molar-refractivity contribution in [3.05, 3.63) is 58.6 Å². The van der Waals surface area contributed by atoms with Crippen LogP contribution in [0.15, 0.2) is 47.2 Å². The van der Waals surface area contributed by atoms with Crippen molar-refractivity contribution < 1.29 is 4.39 Å². The molecule has 0 aliphatic carbocycles. The molecule has 0 saturated carbocycles. The molecule has 0 atom stereocenters. The van der Waals surface area contributed by atoms with Gasteiger partial charge in [0.2, 0.25) is 0 Å². The summed E-state index contributed by atoms with van der Waals surface area (Å²) in [5.41, 5.74) is 3.75. The SMILES string of the molecule is Cc1cc(Br)c2nc(-c3ccc(F)cc3)cn2c1. The van der Waals surface area contributed by atoms with Crippen LogP contribution in [0.3, 0.4) is 0 Å². The Hall–Kier alpha value is -1.68. The summed E-state index contributed by atoms with van der Waals surface area (Å²) in [7, 11) is 0. The molecule has 2 aromatic heterocycles. The van der Waals surface area contributed by atoms with Gasteiger partial charge in [0, 0.05) is 18.0 Å². The average molecular weight is 305 g/mol. The minimum atomic E-state index is -0.237. The van der Waals surface area contributed by atoms with Gasteiger partial charge in [-0.05, 0) is 58.7 Å². The molecule has 0 aliphatic rings. The fraction of sp³-hybridized carbons (Fsp3) is 0.0714. The summed E-state index contributed by atoms with van der Waals surface area (Å²) in [5.74, 6) is -0.237. The van der Waals surface area contributed by atoms with Gasteiger partial charge >= 0.3 is 0 Å². The lowest BCUT2D eigenvalue weighted by Crippen LogP contribution is -1.85. The van der Waals surface area contributed by atoms with Gasteiger partial charge in [-0.2, -0.15) is 0 Å². The number of nitrogens with zero attached hydrogens (tertiary/aromatic N) is 2. The van der Waals surface area contributed by atoms with Crippen LogP contribution in [-0.2, 0) is 0 Å². The molecule has 0 saturated heterocycles. The zero-order valence-electron chi connectivity index (χ0n) is 9.69. The Bertz CT molecular complexity index is 716. The van der Waals surface area contributed by atoms with Gasteiger partial charge in [0.05, 0.1) is 10.2 Å². The van der Waals surface area contributed by atoms with Crippen LogP contribution in [0.4, 0.5) is 4.39 Å². The van der Waals surface area contributed by atoms with Crippen molar-refractivity contribution in [3.63, 3.8) is 0 Å². The molecule has 90 valence electrons. The molecule has 2 nitrogen and oxygen atoms in total. The monoisotopic (exact) mass is 304 g/mol. The van der Waals surface area contributed by atoms with Crippen LogP contribution in [0, 0.1) is 12.7 Å². The Morgan fingerprint density at radius 1 is 1.17 bits per heavy atom. The van der Waals surface area contributed by atoms with E-state index in [9.17, 15) is 4.39 Å². The second-order valence-electron chi connectivity index (χ2n) is 4.23. The van der Waals surface area contributed by atoms with Crippen molar-refractivity contribution in [2.75, 3.05) is 0 Å². The van der Waals surface area contributed by atoms with Crippen LogP contribution in [0.5, 0.6) is 0 Å². The molecule has 3 rings (SSSR count). The lowest BCUT2D eigenvalue weighted by molar-refractivity contribution is 0.628. The van der Waals surface area contributed by atoms with Crippen molar-refractivity contribution >= 4 is 21.6 Å². The summed E-state index contributed by atoms with van der Waals surface area (Å²) >= 11 is 3.50. The van der Waals surface area contributed by atoms with E-state index in [4.69, 9.17) is 0 Å². The molecule has 0 unspecified atom stereocenters. The number of benzene rings is 1. The van der Waals surface area contributed by atoms with Gasteiger partial charge in [-0.1, -0.05) is 0 Å². The summed E-state index contributed by atoms with van der Waals surface area (Å²) in [6.45, 7) is 2.03. The Morgan fingerprint density at radius 2 is 1.89 bits per heavy atom. The first-order valence-electron chi connectivity index (χ1n) is 5.54. The molecular weight excluding hydrogens is 295 g/mol. The number of hydrogen-bond acceptors (Lipinski definition) is 1. The number of aryl methyl sites for hydroxylation is 1. The van der Waals surface area contributed by atoms with Gasteiger partial charge in [0.25, 0.3) is 0 Å². The highest BCUT2D eigenvalue weighted by atomic mass is 79.9. The number of hydrogen-bond donors (Lipinski definition) is 0. The Kier molecular flexibility index (Phi) is 2.67. The van der Waals surface area contributed by atoms with Crippen molar-refractivity contribution in [3.8, 4) is 11.3 Å². The third-order valence-corrected chi connectivity index (χ3v) is 3.37. The highest BCUT2D eigenvalue weighted by molar-refractivity contribution is 9.10. The molecule has 1 aromatic carbocycles. The van der Waals surface area contributed by atoms with Crippen molar-refractivity contribution in [2.45, 2.75) is 6.92 Å². The highest BCUT2D eigenvalue weighted by Gasteiger charge is 2.07. The van der Waals surface area contributed by atoms with E-state index in [-0.39, 0.29) is 5.82 Å². The van der Waals surface area contributed by atoms with E-state index in [0.717, 1.165) is 26.9 Å². The number of pyridine rings is 1. The topological polar surface area (TPSA) is 17.3 Å². The predicted molar refractivity (Wildman–Crippen MR) is 73.0 cm³/mol. The summed E-state index contributed by atoms with van der Waals surface area (Å²) in [6, 6.07) is 8.38. The van der Waals surface area contributed by atoms with Crippen LogP contribution in [0.2, 0.25) is 0 Å². The standard InChI is InChI=1S/C14H10BrFN2/c1-9-6-12(15)14-17-13(8-18(14)7-9)10-2-4-11(16)5-3-10/h2-8H,1H3. The minimum absolute atomic E-state index is 0.237. The Balaban J connectivity index is 2.19. The van der Waals surface area contributed by atoms with Crippen LogP contribution in [0.25, 0.3) is 16.9 Å². The first-order valence-corrected chi connectivity index (χ1v) is 6.33. The second-order valence-corrected chi connectivity index (χ2v) is 5.08. The average Bonchev–Trinajstić information content (AvgIpc) is 2.74. The maximum Gasteiger partial charge on any atom is 0.151 e. The number of rotatable bonds is 1. The summed E-state index contributed by atoms with van der Waals surface area (Å²) in [5, 5.41) is 0. The Labute approximate surface area is 112 Å². The molecule has 18 heavy (non-hydrogen) atoms. The molecule has 0 fully saturated rings. The van der Waals surface area contributed by atoms with Crippen LogP contribution < -0.4 is 0 Å². The largest absolute Gasteiger partial charge is 0.305 e. The quantitative estimate of drug-likeness (QED) is 0.658. The molecule has 0 radical (unpaired) electrons. The molecule has 2 heterocycles. The zero-order chi connectivity index (χ0) is 12.7. The normalized spacial score (nSPS) is 11.1. The summed E-state index contributed by atoms with van der Waals surface area (Å²) < 4.78 is 15.8. The van der Waals surface area contributed by atoms with Gasteiger partial charge in [0.1, 0.15) is 5.82 Å². The smallest absolute Gasteiger partial charge is 0.151 e. The molecule has 0 spiro atoms. The molecule has 0 aliphatic heterocycles. The van der Waals surface area contributed by atoms with Gasteiger partial charge in [0.15, 0.2) is 5.65 Å². The first kappa shape index (κ1) is 11.4. The van der Waals surface area contributed by atoms with E-state index in [1.54, 1.807) is 12.1 Å². The lowest BCUT2D eigenvalue weighted by Gasteiger charge is -1.97. The molecular formula is C14H10BrFN2. The molecule has 4 heteroatoms. The maximum absolute atomic E-state index is 12.9. The number of aromatic nitrogens is 2. The number of fused-ring (bicyclic) bond motifs is 1. The van der Waals surface area contributed by atoms with Gasteiger partial charge < -0.3 is 4.40 Å². The van der Waals surface area contributed by atoms with E-state index in [2.05, 4.69) is 20.9 Å². The van der Waals surface area contributed by atoms with Gasteiger partial charge in [-0.25, -0.2) is 9.37 Å². The van der Waals surface area contributed by atoms with Crippen LogP contribution >= 0.6 is 15.9 Å². The van der Waals surface area contributed by atoms with Gasteiger partial charge in [-0.15, -0.1) is 0 Å². The van der Waals surface area contributed by atoms with Crippen LogP contribution in [0.1, 0.15) is 5.56 Å². The molecule has 0 N–H and O–H groups in total. The van der Waals surface area contributed by atoms with E-state index in [1.807, 2.05) is 29.8 Å². The Morgan fingerprint density at radius 3 is 2.61 bits per heavy atom. The predicted octanol–water partition coefficient (Wildman–Crippen LogP) is 4.21. The first-order chi connectivity index (χ1) is 8.63. The summed E-state index contributed by atoms with van der Waals surface area (Å²) in [6.07, 6.45) is 3.96. The fourth-order valence-electron chi connectivity index (χ4n) is 1.95. The van der Waals surface area contributed by atoms with Crippen molar-refractivity contribution in [1.29, 1.82) is 0 Å². The molecule has 0 amide bonds.